The molecule has 152 valence electrons. The van der Waals surface area contributed by atoms with Crippen molar-refractivity contribution < 1.29 is 0 Å². The third kappa shape index (κ3) is 2.36. The molecule has 0 fully saturated rings. The van der Waals surface area contributed by atoms with Crippen LogP contribution in [0.4, 0.5) is 0 Å². The standard InChI is InChI=1S/C27H19N5/c1-3-10-18(11-4-1)31-21-15-8-7-14-20(21)23-26(31)30-25-24-22(16-9-17-28-24)32(27(25)29-23)19-12-5-2-6-13-19/h1-5,7-12,14-17H,6,13H2. The Morgan fingerprint density at radius 2 is 1.47 bits per heavy atom. The number of rotatable bonds is 2. The zero-order chi connectivity index (χ0) is 21.1. The number of pyridine rings is 1. The van der Waals surface area contributed by atoms with Gasteiger partial charge in [0.2, 0.25) is 0 Å². The van der Waals surface area contributed by atoms with E-state index in [2.05, 4.69) is 82.0 Å². The minimum Gasteiger partial charge on any atom is -0.295 e. The average Bonchev–Trinajstić information content (AvgIpc) is 3.36. The second-order valence-electron chi connectivity index (χ2n) is 8.09. The Balaban J connectivity index is 1.68. The van der Waals surface area contributed by atoms with Crippen molar-refractivity contribution >= 4 is 50.0 Å². The van der Waals surface area contributed by atoms with Gasteiger partial charge in [0.1, 0.15) is 16.6 Å². The van der Waals surface area contributed by atoms with Crippen LogP contribution in [0, 0.1) is 0 Å². The summed E-state index contributed by atoms with van der Waals surface area (Å²) in [6.07, 6.45) is 10.3. The van der Waals surface area contributed by atoms with Gasteiger partial charge in [0.05, 0.1) is 11.0 Å². The van der Waals surface area contributed by atoms with E-state index in [4.69, 9.17) is 15.0 Å². The lowest BCUT2D eigenvalue weighted by Crippen LogP contribution is -2.01. The van der Waals surface area contributed by atoms with E-state index in [1.807, 2.05) is 18.3 Å². The minimum atomic E-state index is 0.837. The van der Waals surface area contributed by atoms with E-state index in [0.29, 0.717) is 0 Å². The van der Waals surface area contributed by atoms with Gasteiger partial charge in [-0.05, 0) is 49.2 Å². The van der Waals surface area contributed by atoms with Gasteiger partial charge >= 0.3 is 0 Å². The van der Waals surface area contributed by atoms with Crippen molar-refractivity contribution in [3.8, 4) is 5.69 Å². The first-order valence-electron chi connectivity index (χ1n) is 10.9. The third-order valence-corrected chi connectivity index (χ3v) is 6.23. The Morgan fingerprint density at radius 1 is 0.688 bits per heavy atom. The number of allylic oxidation sites excluding steroid dienone is 4. The molecule has 0 aliphatic heterocycles. The summed E-state index contributed by atoms with van der Waals surface area (Å²) in [5.74, 6) is 0. The molecule has 5 heteroatoms. The van der Waals surface area contributed by atoms with Gasteiger partial charge in [-0.1, -0.05) is 48.6 Å². The SMILES string of the molecule is C1=CCCC(n2c3cccnc3c3nc4c(nc32)c2ccccc2n4-c2ccccc2)=C1. The molecule has 0 saturated carbocycles. The molecule has 32 heavy (non-hydrogen) atoms. The summed E-state index contributed by atoms with van der Waals surface area (Å²) in [4.78, 5) is 15.2. The van der Waals surface area contributed by atoms with Gasteiger partial charge in [-0.25, -0.2) is 9.97 Å². The number of hydrogen-bond donors (Lipinski definition) is 0. The summed E-state index contributed by atoms with van der Waals surface area (Å²) in [5, 5.41) is 1.10. The summed E-state index contributed by atoms with van der Waals surface area (Å²) < 4.78 is 4.44. The van der Waals surface area contributed by atoms with E-state index in [1.54, 1.807) is 0 Å². The first-order chi connectivity index (χ1) is 15.9. The van der Waals surface area contributed by atoms with E-state index in [0.717, 1.165) is 62.8 Å². The first-order valence-corrected chi connectivity index (χ1v) is 10.9. The third-order valence-electron chi connectivity index (χ3n) is 6.23. The van der Waals surface area contributed by atoms with E-state index in [-0.39, 0.29) is 0 Å². The highest BCUT2D eigenvalue weighted by atomic mass is 15.1. The number of fused-ring (bicyclic) bond motifs is 6. The highest BCUT2D eigenvalue weighted by Gasteiger charge is 2.22. The van der Waals surface area contributed by atoms with Gasteiger partial charge in [0.25, 0.3) is 0 Å². The van der Waals surface area contributed by atoms with Crippen LogP contribution in [0.25, 0.3) is 55.6 Å². The molecule has 1 aliphatic carbocycles. The predicted octanol–water partition coefficient (Wildman–Crippen LogP) is 6.27. The van der Waals surface area contributed by atoms with Crippen LogP contribution in [0.2, 0.25) is 0 Å². The topological polar surface area (TPSA) is 48.5 Å². The number of aromatic nitrogens is 5. The number of benzene rings is 2. The van der Waals surface area contributed by atoms with Gasteiger partial charge in [0, 0.05) is 23.0 Å². The van der Waals surface area contributed by atoms with Crippen molar-refractivity contribution in [2.45, 2.75) is 12.8 Å². The minimum absolute atomic E-state index is 0.837. The second-order valence-corrected chi connectivity index (χ2v) is 8.09. The van der Waals surface area contributed by atoms with Crippen molar-refractivity contribution in [1.29, 1.82) is 0 Å². The van der Waals surface area contributed by atoms with E-state index in [1.165, 1.54) is 5.70 Å². The summed E-state index contributed by atoms with van der Waals surface area (Å²) in [6, 6.07) is 22.8. The van der Waals surface area contributed by atoms with Crippen LogP contribution in [-0.2, 0) is 0 Å². The van der Waals surface area contributed by atoms with Crippen LogP contribution in [0.3, 0.4) is 0 Å². The quantitative estimate of drug-likeness (QED) is 0.336. The molecule has 4 aromatic heterocycles. The molecule has 0 atom stereocenters. The number of hydrogen-bond acceptors (Lipinski definition) is 3. The van der Waals surface area contributed by atoms with Gasteiger partial charge in [0.15, 0.2) is 11.3 Å². The Labute approximate surface area is 184 Å². The van der Waals surface area contributed by atoms with Gasteiger partial charge in [-0.3, -0.25) is 14.1 Å². The smallest absolute Gasteiger partial charge is 0.166 e. The van der Waals surface area contributed by atoms with Gasteiger partial charge in [-0.15, -0.1) is 0 Å². The largest absolute Gasteiger partial charge is 0.295 e. The van der Waals surface area contributed by atoms with Crippen molar-refractivity contribution in [3.05, 3.63) is 91.2 Å². The maximum Gasteiger partial charge on any atom is 0.166 e. The molecule has 1 aliphatic rings. The molecule has 0 bridgehead atoms. The van der Waals surface area contributed by atoms with Crippen LogP contribution in [0.1, 0.15) is 12.8 Å². The normalized spacial score (nSPS) is 14.1. The Morgan fingerprint density at radius 3 is 2.34 bits per heavy atom. The lowest BCUT2D eigenvalue weighted by molar-refractivity contribution is 0.972. The van der Waals surface area contributed by atoms with Crippen LogP contribution < -0.4 is 0 Å². The van der Waals surface area contributed by atoms with E-state index in [9.17, 15) is 0 Å². The van der Waals surface area contributed by atoms with Crippen molar-refractivity contribution in [3.63, 3.8) is 0 Å². The molecule has 2 aromatic carbocycles. The maximum atomic E-state index is 5.24. The molecule has 0 N–H and O–H groups in total. The van der Waals surface area contributed by atoms with E-state index >= 15 is 0 Å². The predicted molar refractivity (Wildman–Crippen MR) is 130 cm³/mol. The van der Waals surface area contributed by atoms with Crippen LogP contribution in [-0.4, -0.2) is 24.1 Å². The fourth-order valence-corrected chi connectivity index (χ4v) is 4.83. The molecule has 0 saturated heterocycles. The van der Waals surface area contributed by atoms with Crippen LogP contribution in [0.5, 0.6) is 0 Å². The number of nitrogens with zero attached hydrogens (tertiary/aromatic N) is 5. The highest BCUT2D eigenvalue weighted by molar-refractivity contribution is 6.11. The fourth-order valence-electron chi connectivity index (χ4n) is 4.83. The average molecular weight is 413 g/mol. The van der Waals surface area contributed by atoms with Crippen LogP contribution in [0.15, 0.2) is 91.2 Å². The summed E-state index contributed by atoms with van der Waals surface area (Å²) in [5.41, 5.74) is 8.80. The highest BCUT2D eigenvalue weighted by Crippen LogP contribution is 2.35. The first kappa shape index (κ1) is 17.4. The number of para-hydroxylation sites is 2. The van der Waals surface area contributed by atoms with Crippen LogP contribution >= 0.6 is 0 Å². The summed E-state index contributed by atoms with van der Waals surface area (Å²) >= 11 is 0. The Bertz CT molecular complexity index is 1720. The lowest BCUT2D eigenvalue weighted by atomic mass is 10.1. The molecule has 0 unspecified atom stereocenters. The monoisotopic (exact) mass is 413 g/mol. The molecular formula is C27H19N5. The molecule has 6 aromatic rings. The zero-order valence-electron chi connectivity index (χ0n) is 17.3. The molecular weight excluding hydrogens is 394 g/mol. The van der Waals surface area contributed by atoms with Gasteiger partial charge in [-0.2, -0.15) is 0 Å². The van der Waals surface area contributed by atoms with Crippen molar-refractivity contribution in [1.82, 2.24) is 24.1 Å². The Kier molecular flexibility index (Phi) is 3.61. The van der Waals surface area contributed by atoms with Crippen molar-refractivity contribution in [2.75, 3.05) is 0 Å². The molecule has 0 spiro atoms. The Hall–Kier alpha value is -4.25. The maximum absolute atomic E-state index is 5.24. The van der Waals surface area contributed by atoms with Gasteiger partial charge < -0.3 is 0 Å². The molecule has 7 rings (SSSR count). The summed E-state index contributed by atoms with van der Waals surface area (Å²) in [7, 11) is 0. The van der Waals surface area contributed by atoms with E-state index < -0.39 is 0 Å². The molecule has 0 amide bonds. The van der Waals surface area contributed by atoms with Crippen molar-refractivity contribution in [2.24, 2.45) is 0 Å². The summed E-state index contributed by atoms with van der Waals surface area (Å²) in [6.45, 7) is 0. The zero-order valence-corrected chi connectivity index (χ0v) is 17.3. The second kappa shape index (κ2) is 6.62. The molecule has 5 nitrogen and oxygen atoms in total. The fraction of sp³-hybridized carbons (Fsp3) is 0.0741. The lowest BCUT2D eigenvalue weighted by Gasteiger charge is -2.12. The molecule has 4 heterocycles. The molecule has 0 radical (unpaired) electrons.